The monoisotopic (exact) mass is 419 g/mol. The van der Waals surface area contributed by atoms with Crippen molar-refractivity contribution in [1.82, 2.24) is 15.0 Å². The van der Waals surface area contributed by atoms with Crippen LogP contribution in [0.2, 0.25) is 0 Å². The van der Waals surface area contributed by atoms with Crippen molar-refractivity contribution in [3.05, 3.63) is 71.7 Å². The Morgan fingerprint density at radius 1 is 1.16 bits per heavy atom. The van der Waals surface area contributed by atoms with Crippen molar-refractivity contribution in [3.63, 3.8) is 0 Å². The number of carbonyl (C=O) groups is 1. The molecular formula is C25H29N3O3. The average Bonchev–Trinajstić information content (AvgIpc) is 3.25. The maximum atomic E-state index is 13.0. The largest absolute Gasteiger partial charge is 0.466 e. The first-order chi connectivity index (χ1) is 15.1. The molecule has 0 aliphatic carbocycles. The molecule has 0 spiro atoms. The molecule has 6 nitrogen and oxygen atoms in total. The maximum Gasteiger partial charge on any atom is 0.312 e. The van der Waals surface area contributed by atoms with Gasteiger partial charge >= 0.3 is 5.97 Å². The number of ether oxygens (including phenoxy) is 1. The van der Waals surface area contributed by atoms with Crippen LogP contribution < -0.4 is 0 Å². The van der Waals surface area contributed by atoms with E-state index in [1.807, 2.05) is 49.5 Å². The van der Waals surface area contributed by atoms with E-state index in [2.05, 4.69) is 34.1 Å². The third-order valence-electron chi connectivity index (χ3n) is 6.05. The second-order valence-electron chi connectivity index (χ2n) is 8.32. The van der Waals surface area contributed by atoms with E-state index in [0.717, 1.165) is 55.2 Å². The van der Waals surface area contributed by atoms with Crippen LogP contribution in [-0.4, -0.2) is 40.7 Å². The molecule has 0 radical (unpaired) electrons. The van der Waals surface area contributed by atoms with Gasteiger partial charge in [-0.25, -0.2) is 0 Å². The predicted molar refractivity (Wildman–Crippen MR) is 118 cm³/mol. The summed E-state index contributed by atoms with van der Waals surface area (Å²) in [6, 6.07) is 16.1. The van der Waals surface area contributed by atoms with Crippen LogP contribution in [0, 0.1) is 12.3 Å². The molecule has 1 aliphatic rings. The molecule has 0 saturated carbocycles. The highest BCUT2D eigenvalue weighted by atomic mass is 16.5. The summed E-state index contributed by atoms with van der Waals surface area (Å²) in [5.74, 6) is 0.586. The van der Waals surface area contributed by atoms with Gasteiger partial charge in [0.2, 0.25) is 0 Å². The molecular weight excluding hydrogens is 390 g/mol. The molecule has 4 rings (SSSR count). The first-order valence-electron chi connectivity index (χ1n) is 10.9. The lowest BCUT2D eigenvalue weighted by Gasteiger charge is -2.39. The van der Waals surface area contributed by atoms with Crippen molar-refractivity contribution in [1.29, 1.82) is 0 Å². The van der Waals surface area contributed by atoms with Gasteiger partial charge in [0.1, 0.15) is 11.5 Å². The number of aryl methyl sites for hydroxylation is 1. The quantitative estimate of drug-likeness (QED) is 0.528. The van der Waals surface area contributed by atoms with E-state index >= 15 is 0 Å². The molecule has 1 fully saturated rings. The third-order valence-corrected chi connectivity index (χ3v) is 6.05. The Balaban J connectivity index is 1.47. The lowest BCUT2D eigenvalue weighted by molar-refractivity contribution is -0.159. The fourth-order valence-corrected chi connectivity index (χ4v) is 4.19. The van der Waals surface area contributed by atoms with Crippen molar-refractivity contribution in [3.8, 4) is 11.3 Å². The van der Waals surface area contributed by atoms with Gasteiger partial charge in [-0.1, -0.05) is 41.1 Å². The lowest BCUT2D eigenvalue weighted by Crippen LogP contribution is -2.46. The van der Waals surface area contributed by atoms with Crippen molar-refractivity contribution >= 4 is 5.97 Å². The number of esters is 1. The number of rotatable bonds is 7. The van der Waals surface area contributed by atoms with Gasteiger partial charge in [-0.15, -0.1) is 0 Å². The minimum Gasteiger partial charge on any atom is -0.466 e. The Bertz CT molecular complexity index is 990. The summed E-state index contributed by atoms with van der Waals surface area (Å²) in [4.78, 5) is 19.8. The highest BCUT2D eigenvalue weighted by Crippen LogP contribution is 2.38. The van der Waals surface area contributed by atoms with E-state index in [0.29, 0.717) is 13.0 Å². The van der Waals surface area contributed by atoms with E-state index in [1.54, 1.807) is 0 Å². The van der Waals surface area contributed by atoms with E-state index in [4.69, 9.17) is 9.26 Å². The zero-order valence-corrected chi connectivity index (χ0v) is 18.2. The van der Waals surface area contributed by atoms with Crippen molar-refractivity contribution in [2.75, 3.05) is 19.7 Å². The van der Waals surface area contributed by atoms with Gasteiger partial charge in [0.25, 0.3) is 0 Å². The summed E-state index contributed by atoms with van der Waals surface area (Å²) in [5.41, 5.74) is 3.47. The van der Waals surface area contributed by atoms with Gasteiger partial charge in [0.05, 0.1) is 17.7 Å². The van der Waals surface area contributed by atoms with Gasteiger partial charge in [-0.2, -0.15) is 0 Å². The Kier molecular flexibility index (Phi) is 6.47. The van der Waals surface area contributed by atoms with Crippen LogP contribution in [0.3, 0.4) is 0 Å². The lowest BCUT2D eigenvalue weighted by atomic mass is 9.75. The van der Waals surface area contributed by atoms with E-state index < -0.39 is 5.41 Å². The SMILES string of the molecule is CCOC(=O)C1(Cc2cc(-c3ccc(C)cc3)no2)CCN(Cc2ccccn2)CC1. The topological polar surface area (TPSA) is 68.5 Å². The molecule has 3 aromatic rings. The first-order valence-corrected chi connectivity index (χ1v) is 10.9. The number of hydrogen-bond acceptors (Lipinski definition) is 6. The summed E-state index contributed by atoms with van der Waals surface area (Å²) in [6.45, 7) is 6.71. The highest BCUT2D eigenvalue weighted by molar-refractivity contribution is 5.77. The molecule has 0 amide bonds. The second-order valence-corrected chi connectivity index (χ2v) is 8.32. The van der Waals surface area contributed by atoms with Crippen LogP contribution >= 0.6 is 0 Å². The molecule has 0 atom stereocenters. The molecule has 1 saturated heterocycles. The second kappa shape index (κ2) is 9.43. The Morgan fingerprint density at radius 3 is 2.61 bits per heavy atom. The van der Waals surface area contributed by atoms with Crippen molar-refractivity contribution in [2.45, 2.75) is 39.7 Å². The normalized spacial score (nSPS) is 16.2. The number of likely N-dealkylation sites (tertiary alicyclic amines) is 1. The summed E-state index contributed by atoms with van der Waals surface area (Å²) < 4.78 is 11.1. The molecule has 2 aromatic heterocycles. The van der Waals surface area contributed by atoms with Gasteiger partial charge < -0.3 is 9.26 Å². The zero-order chi connectivity index (χ0) is 21.7. The predicted octanol–water partition coefficient (Wildman–Crippen LogP) is 4.43. The van der Waals surface area contributed by atoms with Gasteiger partial charge in [0, 0.05) is 30.8 Å². The minimum absolute atomic E-state index is 0.138. The van der Waals surface area contributed by atoms with Crippen molar-refractivity contribution in [2.24, 2.45) is 5.41 Å². The van der Waals surface area contributed by atoms with Crippen LogP contribution in [-0.2, 0) is 22.5 Å². The minimum atomic E-state index is -0.583. The van der Waals surface area contributed by atoms with Gasteiger partial charge in [0.15, 0.2) is 0 Å². The van der Waals surface area contributed by atoms with E-state index in [1.165, 1.54) is 5.56 Å². The van der Waals surface area contributed by atoms with Crippen LogP contribution in [0.15, 0.2) is 59.3 Å². The average molecular weight is 420 g/mol. The smallest absolute Gasteiger partial charge is 0.312 e. The van der Waals surface area contributed by atoms with E-state index in [-0.39, 0.29) is 5.97 Å². The van der Waals surface area contributed by atoms with Crippen LogP contribution in [0.1, 0.15) is 36.8 Å². The number of piperidine rings is 1. The molecule has 0 N–H and O–H groups in total. The Labute approximate surface area is 183 Å². The first kappa shape index (κ1) is 21.2. The van der Waals surface area contributed by atoms with Crippen LogP contribution in [0.25, 0.3) is 11.3 Å². The molecule has 1 aliphatic heterocycles. The number of aromatic nitrogens is 2. The summed E-state index contributed by atoms with van der Waals surface area (Å²) in [5, 5.41) is 4.24. The number of carbonyl (C=O) groups excluding carboxylic acids is 1. The number of nitrogens with zero attached hydrogens (tertiary/aromatic N) is 3. The molecule has 6 heteroatoms. The van der Waals surface area contributed by atoms with Gasteiger partial charge in [-0.05, 0) is 51.9 Å². The standard InChI is InChI=1S/C25H29N3O3/c1-3-30-24(29)25(11-14-28(15-12-25)18-21-6-4-5-13-26-21)17-22-16-23(27-31-22)20-9-7-19(2)8-10-20/h4-10,13,16H,3,11-12,14-15,17-18H2,1-2H3. The summed E-state index contributed by atoms with van der Waals surface area (Å²) in [7, 11) is 0. The van der Waals surface area contributed by atoms with Crippen molar-refractivity contribution < 1.29 is 14.1 Å². The highest BCUT2D eigenvalue weighted by Gasteiger charge is 2.43. The molecule has 1 aromatic carbocycles. The van der Waals surface area contributed by atoms with Crippen LogP contribution in [0.4, 0.5) is 0 Å². The maximum absolute atomic E-state index is 13.0. The number of hydrogen-bond donors (Lipinski definition) is 0. The molecule has 0 bridgehead atoms. The van der Waals surface area contributed by atoms with Crippen LogP contribution in [0.5, 0.6) is 0 Å². The zero-order valence-electron chi connectivity index (χ0n) is 18.2. The molecule has 0 unspecified atom stereocenters. The third kappa shape index (κ3) is 5.02. The van der Waals surface area contributed by atoms with E-state index in [9.17, 15) is 4.79 Å². The fourth-order valence-electron chi connectivity index (χ4n) is 4.19. The molecule has 31 heavy (non-hydrogen) atoms. The van der Waals surface area contributed by atoms with Gasteiger partial charge in [-0.3, -0.25) is 14.7 Å². The number of pyridine rings is 1. The summed E-state index contributed by atoms with van der Waals surface area (Å²) in [6.07, 6.45) is 3.76. The summed E-state index contributed by atoms with van der Waals surface area (Å²) >= 11 is 0. The molecule has 3 heterocycles. The number of benzene rings is 1. The Hall–Kier alpha value is -2.99. The molecule has 162 valence electrons. The Morgan fingerprint density at radius 2 is 1.94 bits per heavy atom. The fraction of sp³-hybridized carbons (Fsp3) is 0.400.